The number of likely N-dealkylation sites (tertiary alicyclic amines) is 1. The largest absolute Gasteiger partial charge is 0.459 e. The van der Waals surface area contributed by atoms with E-state index in [4.69, 9.17) is 4.42 Å². The number of thiazole rings is 1. The summed E-state index contributed by atoms with van der Waals surface area (Å²) in [6.45, 7) is 4.17. The first-order valence-corrected chi connectivity index (χ1v) is 10.9. The second-order valence-corrected chi connectivity index (χ2v) is 8.53. The van der Waals surface area contributed by atoms with Crippen LogP contribution in [-0.2, 0) is 12.7 Å². The molecule has 0 atom stereocenters. The van der Waals surface area contributed by atoms with Crippen LogP contribution < -0.4 is 5.32 Å². The SMILES string of the molecule is Cc1ccoc1C(=O)NC1CCN(Cc2csc(-c3ccc(C(F)(F)F)cc3)n2)CC1. The molecule has 0 bridgehead atoms. The molecule has 0 unspecified atom stereocenters. The first-order valence-electron chi connectivity index (χ1n) is 9.99. The van der Waals surface area contributed by atoms with Gasteiger partial charge in [0.2, 0.25) is 0 Å². The molecule has 9 heteroatoms. The summed E-state index contributed by atoms with van der Waals surface area (Å²) in [5.41, 5.74) is 1.74. The summed E-state index contributed by atoms with van der Waals surface area (Å²) in [7, 11) is 0. The molecule has 1 aromatic carbocycles. The number of aryl methyl sites for hydroxylation is 1. The van der Waals surface area contributed by atoms with Crippen LogP contribution in [0, 0.1) is 6.92 Å². The number of amides is 1. The molecule has 0 aliphatic carbocycles. The molecule has 1 aliphatic rings. The van der Waals surface area contributed by atoms with E-state index in [9.17, 15) is 18.0 Å². The summed E-state index contributed by atoms with van der Waals surface area (Å²) in [6, 6.07) is 6.95. The first-order chi connectivity index (χ1) is 14.8. The van der Waals surface area contributed by atoms with E-state index in [1.165, 1.54) is 29.7 Å². The van der Waals surface area contributed by atoms with Crippen molar-refractivity contribution in [2.24, 2.45) is 0 Å². The number of halogens is 3. The van der Waals surface area contributed by atoms with Crippen LogP contribution >= 0.6 is 11.3 Å². The highest BCUT2D eigenvalue weighted by Crippen LogP contribution is 2.32. The molecule has 3 heterocycles. The molecule has 3 aromatic rings. The molecule has 0 saturated carbocycles. The van der Waals surface area contributed by atoms with Crippen LogP contribution in [0.3, 0.4) is 0 Å². The van der Waals surface area contributed by atoms with E-state index < -0.39 is 11.7 Å². The molecular weight excluding hydrogens is 427 g/mol. The second-order valence-electron chi connectivity index (χ2n) is 7.68. The lowest BCUT2D eigenvalue weighted by molar-refractivity contribution is -0.137. The summed E-state index contributed by atoms with van der Waals surface area (Å²) in [5, 5.41) is 5.69. The lowest BCUT2D eigenvalue weighted by atomic mass is 10.0. The van der Waals surface area contributed by atoms with Crippen LogP contribution in [0.25, 0.3) is 10.6 Å². The Bertz CT molecular complexity index is 1030. The van der Waals surface area contributed by atoms with E-state index >= 15 is 0 Å². The van der Waals surface area contributed by atoms with E-state index in [2.05, 4.69) is 15.2 Å². The molecule has 0 radical (unpaired) electrons. The van der Waals surface area contributed by atoms with Crippen molar-refractivity contribution in [2.75, 3.05) is 13.1 Å². The monoisotopic (exact) mass is 449 g/mol. The molecule has 1 N–H and O–H groups in total. The van der Waals surface area contributed by atoms with Gasteiger partial charge >= 0.3 is 6.18 Å². The van der Waals surface area contributed by atoms with Crippen molar-refractivity contribution < 1.29 is 22.4 Å². The van der Waals surface area contributed by atoms with E-state index in [0.29, 0.717) is 22.9 Å². The normalized spacial score (nSPS) is 15.9. The predicted octanol–water partition coefficient (Wildman–Crippen LogP) is 5.12. The topological polar surface area (TPSA) is 58.4 Å². The first kappa shape index (κ1) is 21.6. The number of hydrogen-bond donors (Lipinski definition) is 1. The average molecular weight is 449 g/mol. The van der Waals surface area contributed by atoms with Gasteiger partial charge in [0.1, 0.15) is 5.01 Å². The third kappa shape index (κ3) is 5.16. The zero-order chi connectivity index (χ0) is 22.0. The standard InChI is InChI=1S/C22H22F3N3O2S/c1-14-8-11-30-19(14)20(29)26-17-6-9-28(10-7-17)12-18-13-31-21(27-18)15-2-4-16(5-3-15)22(23,24)25/h2-5,8,11,13,17H,6-7,9-10,12H2,1H3,(H,26,29). The Kier molecular flexibility index (Phi) is 6.15. The minimum Gasteiger partial charge on any atom is -0.459 e. The third-order valence-electron chi connectivity index (χ3n) is 5.39. The maximum atomic E-state index is 12.7. The quantitative estimate of drug-likeness (QED) is 0.587. The lowest BCUT2D eigenvalue weighted by Crippen LogP contribution is -2.44. The van der Waals surface area contributed by atoms with Gasteiger partial charge in [-0.2, -0.15) is 13.2 Å². The fraction of sp³-hybridized carbons (Fsp3) is 0.364. The van der Waals surface area contributed by atoms with Crippen molar-refractivity contribution in [3.63, 3.8) is 0 Å². The molecule has 0 spiro atoms. The number of benzene rings is 1. The van der Waals surface area contributed by atoms with Crippen molar-refractivity contribution in [1.82, 2.24) is 15.2 Å². The smallest absolute Gasteiger partial charge is 0.416 e. The van der Waals surface area contributed by atoms with Crippen molar-refractivity contribution in [3.05, 3.63) is 64.6 Å². The van der Waals surface area contributed by atoms with Gasteiger partial charge in [0.15, 0.2) is 5.76 Å². The summed E-state index contributed by atoms with van der Waals surface area (Å²) < 4.78 is 43.4. The molecule has 4 rings (SSSR count). The average Bonchev–Trinajstić information content (AvgIpc) is 3.38. The molecule has 5 nitrogen and oxygen atoms in total. The summed E-state index contributed by atoms with van der Waals surface area (Å²) in [4.78, 5) is 19.2. The highest BCUT2D eigenvalue weighted by molar-refractivity contribution is 7.13. The van der Waals surface area contributed by atoms with Crippen LogP contribution in [-0.4, -0.2) is 34.9 Å². The molecule has 1 fully saturated rings. The van der Waals surface area contributed by atoms with Crippen LogP contribution in [0.2, 0.25) is 0 Å². The second kappa shape index (κ2) is 8.84. The number of carbonyl (C=O) groups is 1. The van der Waals surface area contributed by atoms with Gasteiger partial charge in [0.25, 0.3) is 5.91 Å². The Morgan fingerprint density at radius 2 is 1.94 bits per heavy atom. The van der Waals surface area contributed by atoms with E-state index in [1.807, 2.05) is 12.3 Å². The van der Waals surface area contributed by atoms with Crippen LogP contribution in [0.15, 0.2) is 46.4 Å². The summed E-state index contributed by atoms with van der Waals surface area (Å²) >= 11 is 1.43. The van der Waals surface area contributed by atoms with Gasteiger partial charge in [0, 0.05) is 42.2 Å². The minimum atomic E-state index is -4.34. The van der Waals surface area contributed by atoms with E-state index in [0.717, 1.165) is 49.3 Å². The molecule has 1 aliphatic heterocycles. The molecule has 31 heavy (non-hydrogen) atoms. The van der Waals surface area contributed by atoms with E-state index in [1.54, 1.807) is 6.07 Å². The fourth-order valence-electron chi connectivity index (χ4n) is 3.63. The predicted molar refractivity (Wildman–Crippen MR) is 112 cm³/mol. The zero-order valence-corrected chi connectivity index (χ0v) is 17.7. The molecule has 1 amide bonds. The number of nitrogens with zero attached hydrogens (tertiary/aromatic N) is 2. The van der Waals surface area contributed by atoms with Gasteiger partial charge in [-0.25, -0.2) is 4.98 Å². The van der Waals surface area contributed by atoms with Crippen LogP contribution in [0.5, 0.6) is 0 Å². The number of alkyl halides is 3. The van der Waals surface area contributed by atoms with Crippen molar-refractivity contribution in [1.29, 1.82) is 0 Å². The zero-order valence-electron chi connectivity index (χ0n) is 16.9. The molecule has 164 valence electrons. The number of rotatable bonds is 5. The van der Waals surface area contributed by atoms with Gasteiger partial charge < -0.3 is 9.73 Å². The highest BCUT2D eigenvalue weighted by atomic mass is 32.1. The van der Waals surface area contributed by atoms with Crippen LogP contribution in [0.4, 0.5) is 13.2 Å². The number of piperidine rings is 1. The van der Waals surface area contributed by atoms with Gasteiger partial charge in [0.05, 0.1) is 17.5 Å². The Morgan fingerprint density at radius 1 is 1.23 bits per heavy atom. The highest BCUT2D eigenvalue weighted by Gasteiger charge is 2.30. The Morgan fingerprint density at radius 3 is 2.55 bits per heavy atom. The van der Waals surface area contributed by atoms with E-state index in [-0.39, 0.29) is 11.9 Å². The molecular formula is C22H22F3N3O2S. The number of aromatic nitrogens is 1. The number of carbonyl (C=O) groups excluding carboxylic acids is 1. The van der Waals surface area contributed by atoms with Crippen LogP contribution in [0.1, 0.15) is 40.2 Å². The van der Waals surface area contributed by atoms with Gasteiger partial charge in [-0.05, 0) is 38.0 Å². The number of nitrogens with one attached hydrogen (secondary N) is 1. The third-order valence-corrected chi connectivity index (χ3v) is 6.33. The maximum absolute atomic E-state index is 12.7. The van der Waals surface area contributed by atoms with Crippen molar-refractivity contribution in [2.45, 2.75) is 38.5 Å². The summed E-state index contributed by atoms with van der Waals surface area (Å²) in [5.74, 6) is 0.183. The van der Waals surface area contributed by atoms with Gasteiger partial charge in [-0.15, -0.1) is 11.3 Å². The Balaban J connectivity index is 1.29. The minimum absolute atomic E-state index is 0.103. The summed E-state index contributed by atoms with van der Waals surface area (Å²) in [6.07, 6.45) is -1.16. The maximum Gasteiger partial charge on any atom is 0.416 e. The van der Waals surface area contributed by atoms with Crippen molar-refractivity contribution >= 4 is 17.2 Å². The lowest BCUT2D eigenvalue weighted by Gasteiger charge is -2.31. The number of furan rings is 1. The number of hydrogen-bond acceptors (Lipinski definition) is 5. The van der Waals surface area contributed by atoms with Gasteiger partial charge in [-0.3, -0.25) is 9.69 Å². The Hall–Kier alpha value is -2.65. The fourth-order valence-corrected chi connectivity index (χ4v) is 4.45. The van der Waals surface area contributed by atoms with Crippen molar-refractivity contribution in [3.8, 4) is 10.6 Å². The molecule has 1 saturated heterocycles. The molecule has 2 aromatic heterocycles. The van der Waals surface area contributed by atoms with Gasteiger partial charge in [-0.1, -0.05) is 12.1 Å². The Labute approximate surface area is 181 Å².